The molecule has 6 nitrogen and oxygen atoms in total. The summed E-state index contributed by atoms with van der Waals surface area (Å²) >= 11 is 0. The molecule has 0 aromatic carbocycles. The highest BCUT2D eigenvalue weighted by Gasteiger charge is 2.00. The van der Waals surface area contributed by atoms with Crippen molar-refractivity contribution in [1.29, 1.82) is 0 Å². The molecule has 2 amide bonds. The van der Waals surface area contributed by atoms with E-state index < -0.39 is 0 Å². The van der Waals surface area contributed by atoms with Gasteiger partial charge in [-0.05, 0) is 12.8 Å². The van der Waals surface area contributed by atoms with Crippen LogP contribution >= 0.6 is 0 Å². The molecule has 0 heterocycles. The van der Waals surface area contributed by atoms with Gasteiger partial charge in [-0.25, -0.2) is 0 Å². The van der Waals surface area contributed by atoms with Crippen LogP contribution < -0.4 is 10.6 Å². The van der Waals surface area contributed by atoms with Crippen molar-refractivity contribution in [1.82, 2.24) is 10.6 Å². The Morgan fingerprint density at radius 2 is 1.00 bits per heavy atom. The lowest BCUT2D eigenvalue weighted by molar-refractivity contribution is -0.123. The number of rotatable bonds is 11. The summed E-state index contributed by atoms with van der Waals surface area (Å²) in [7, 11) is 0. The average molecular weight is 260 g/mol. The molecule has 18 heavy (non-hydrogen) atoms. The molecule has 0 aliphatic carbocycles. The minimum absolute atomic E-state index is 0.113. The summed E-state index contributed by atoms with van der Waals surface area (Å²) in [6.07, 6.45) is 6.65. The van der Waals surface area contributed by atoms with E-state index in [0.717, 1.165) is 38.5 Å². The molecule has 0 aromatic heterocycles. The summed E-state index contributed by atoms with van der Waals surface area (Å²) < 4.78 is 0. The molecule has 0 atom stereocenters. The van der Waals surface area contributed by atoms with E-state index in [1.54, 1.807) is 0 Å². The second kappa shape index (κ2) is 12.3. The molecule has 0 bridgehead atoms. The van der Waals surface area contributed by atoms with E-state index in [4.69, 9.17) is 10.2 Å². The van der Waals surface area contributed by atoms with Crippen molar-refractivity contribution in [2.24, 2.45) is 0 Å². The van der Waals surface area contributed by atoms with Crippen LogP contribution in [0.4, 0.5) is 0 Å². The zero-order valence-electron chi connectivity index (χ0n) is 10.8. The summed E-state index contributed by atoms with van der Waals surface area (Å²) in [4.78, 5) is 22.0. The Bertz CT molecular complexity index is 210. The fourth-order valence-electron chi connectivity index (χ4n) is 1.63. The van der Waals surface area contributed by atoms with Crippen LogP contribution in [0.1, 0.15) is 51.4 Å². The maximum Gasteiger partial charge on any atom is 0.221 e. The first-order chi connectivity index (χ1) is 8.70. The quantitative estimate of drug-likeness (QED) is 0.316. The third-order valence-corrected chi connectivity index (χ3v) is 2.61. The molecule has 0 fully saturated rings. The van der Waals surface area contributed by atoms with Crippen molar-refractivity contribution in [3.8, 4) is 0 Å². The van der Waals surface area contributed by atoms with Crippen LogP contribution in [0.15, 0.2) is 0 Å². The highest BCUT2D eigenvalue weighted by molar-refractivity contribution is 5.75. The number of hydrogen-bond acceptors (Lipinski definition) is 4. The van der Waals surface area contributed by atoms with Gasteiger partial charge in [0.05, 0.1) is 0 Å². The summed E-state index contributed by atoms with van der Waals surface area (Å²) in [5, 5.41) is 21.5. The largest absolute Gasteiger partial charge is 0.377 e. The molecule has 0 unspecified atom stereocenters. The van der Waals surface area contributed by atoms with Crippen molar-refractivity contribution in [3.63, 3.8) is 0 Å². The number of aliphatic hydroxyl groups excluding tert-OH is 2. The molecule has 6 heteroatoms. The zero-order valence-corrected chi connectivity index (χ0v) is 10.8. The minimum Gasteiger partial charge on any atom is -0.377 e. The van der Waals surface area contributed by atoms with E-state index in [2.05, 4.69) is 10.6 Å². The SMILES string of the molecule is O=C(CCCCCCCCC(=O)NCO)NCO. The monoisotopic (exact) mass is 260 g/mol. The molecule has 106 valence electrons. The number of aliphatic hydroxyl groups is 2. The standard InChI is InChI=1S/C12H24N2O4/c15-9-13-11(17)7-5-3-1-2-4-6-8-12(18)14-10-16/h15-16H,1-10H2,(H,13,17)(H,14,18). The third kappa shape index (κ3) is 11.3. The lowest BCUT2D eigenvalue weighted by atomic mass is 10.1. The Kier molecular flexibility index (Phi) is 11.5. The minimum atomic E-state index is -0.297. The lowest BCUT2D eigenvalue weighted by Crippen LogP contribution is -2.23. The number of carbonyl (C=O) groups excluding carboxylic acids is 2. The van der Waals surface area contributed by atoms with Crippen LogP contribution in [0, 0.1) is 0 Å². The van der Waals surface area contributed by atoms with Gasteiger partial charge in [0, 0.05) is 12.8 Å². The Morgan fingerprint density at radius 3 is 1.33 bits per heavy atom. The van der Waals surface area contributed by atoms with Gasteiger partial charge >= 0.3 is 0 Å². The van der Waals surface area contributed by atoms with Gasteiger partial charge in [-0.2, -0.15) is 0 Å². The highest BCUT2D eigenvalue weighted by atomic mass is 16.3. The molecular formula is C12H24N2O4. The van der Waals surface area contributed by atoms with Crippen LogP contribution in [0.5, 0.6) is 0 Å². The Hall–Kier alpha value is -1.14. The Labute approximate surface area is 108 Å². The fraction of sp³-hybridized carbons (Fsp3) is 0.833. The van der Waals surface area contributed by atoms with E-state index in [1.807, 2.05) is 0 Å². The van der Waals surface area contributed by atoms with Gasteiger partial charge < -0.3 is 20.8 Å². The Morgan fingerprint density at radius 1 is 0.667 bits per heavy atom. The summed E-state index contributed by atoms with van der Waals surface area (Å²) in [6.45, 7) is -0.594. The molecule has 0 spiro atoms. The third-order valence-electron chi connectivity index (χ3n) is 2.61. The zero-order chi connectivity index (χ0) is 13.6. The number of nitrogens with one attached hydrogen (secondary N) is 2. The van der Waals surface area contributed by atoms with Gasteiger partial charge in [-0.3, -0.25) is 9.59 Å². The smallest absolute Gasteiger partial charge is 0.221 e. The number of unbranched alkanes of at least 4 members (excludes halogenated alkanes) is 5. The maximum atomic E-state index is 11.0. The van der Waals surface area contributed by atoms with Crippen LogP contribution in [-0.2, 0) is 9.59 Å². The average Bonchev–Trinajstić information content (AvgIpc) is 2.33. The van der Waals surface area contributed by atoms with E-state index in [0.29, 0.717) is 12.8 Å². The predicted octanol–water partition coefficient (Wildman–Crippen LogP) is 0.239. The predicted molar refractivity (Wildman–Crippen MR) is 67.4 cm³/mol. The van der Waals surface area contributed by atoms with Gasteiger partial charge in [0.15, 0.2) is 0 Å². The van der Waals surface area contributed by atoms with Crippen molar-refractivity contribution in [2.45, 2.75) is 51.4 Å². The molecule has 0 saturated carbocycles. The molecule has 0 rings (SSSR count). The van der Waals surface area contributed by atoms with Crippen LogP contribution in [0.2, 0.25) is 0 Å². The van der Waals surface area contributed by atoms with Gasteiger partial charge in [-0.15, -0.1) is 0 Å². The van der Waals surface area contributed by atoms with E-state index in [-0.39, 0.29) is 25.3 Å². The molecule has 4 N–H and O–H groups in total. The normalized spacial score (nSPS) is 10.1. The molecule has 0 aromatic rings. The summed E-state index contributed by atoms with van der Waals surface area (Å²) in [5.74, 6) is -0.226. The molecular weight excluding hydrogens is 236 g/mol. The number of hydrogen-bond donors (Lipinski definition) is 4. The van der Waals surface area contributed by atoms with Gasteiger partial charge in [0.1, 0.15) is 13.5 Å². The van der Waals surface area contributed by atoms with Gasteiger partial charge in [0.2, 0.25) is 11.8 Å². The van der Waals surface area contributed by atoms with Crippen LogP contribution in [0.3, 0.4) is 0 Å². The molecule has 0 aliphatic heterocycles. The van der Waals surface area contributed by atoms with E-state index >= 15 is 0 Å². The van der Waals surface area contributed by atoms with Gasteiger partial charge in [0.25, 0.3) is 0 Å². The van der Waals surface area contributed by atoms with Crippen molar-refractivity contribution >= 4 is 11.8 Å². The highest BCUT2D eigenvalue weighted by Crippen LogP contribution is 2.08. The van der Waals surface area contributed by atoms with Crippen molar-refractivity contribution < 1.29 is 19.8 Å². The van der Waals surface area contributed by atoms with Gasteiger partial charge in [-0.1, -0.05) is 25.7 Å². The number of carbonyl (C=O) groups is 2. The lowest BCUT2D eigenvalue weighted by Gasteiger charge is -2.03. The molecule has 0 saturated heterocycles. The first kappa shape index (κ1) is 16.9. The van der Waals surface area contributed by atoms with E-state index in [9.17, 15) is 9.59 Å². The van der Waals surface area contributed by atoms with E-state index in [1.165, 1.54) is 0 Å². The topological polar surface area (TPSA) is 98.7 Å². The van der Waals surface area contributed by atoms with Crippen molar-refractivity contribution in [3.05, 3.63) is 0 Å². The molecule has 0 radical (unpaired) electrons. The maximum absolute atomic E-state index is 11.0. The molecule has 0 aliphatic rings. The van der Waals surface area contributed by atoms with Crippen molar-refractivity contribution in [2.75, 3.05) is 13.5 Å². The summed E-state index contributed by atoms with van der Waals surface area (Å²) in [6, 6.07) is 0. The second-order valence-electron chi connectivity index (χ2n) is 4.14. The first-order valence-corrected chi connectivity index (χ1v) is 6.45. The second-order valence-corrected chi connectivity index (χ2v) is 4.14. The number of amides is 2. The summed E-state index contributed by atoms with van der Waals surface area (Å²) in [5.41, 5.74) is 0. The Balaban J connectivity index is 3.16. The van der Waals surface area contributed by atoms with Crippen LogP contribution in [-0.4, -0.2) is 35.5 Å². The fourth-order valence-corrected chi connectivity index (χ4v) is 1.63. The van der Waals surface area contributed by atoms with Crippen LogP contribution in [0.25, 0.3) is 0 Å². The first-order valence-electron chi connectivity index (χ1n) is 6.45.